The molecule has 0 saturated carbocycles. The zero-order chi connectivity index (χ0) is 11.0. The van der Waals surface area contributed by atoms with E-state index in [0.29, 0.717) is 15.6 Å². The van der Waals surface area contributed by atoms with Crippen molar-refractivity contribution in [2.24, 2.45) is 7.05 Å². The summed E-state index contributed by atoms with van der Waals surface area (Å²) in [5.41, 5.74) is 0.831. The van der Waals surface area contributed by atoms with E-state index in [1.54, 1.807) is 4.68 Å². The second-order valence-corrected chi connectivity index (χ2v) is 4.73. The van der Waals surface area contributed by atoms with Crippen LogP contribution in [0, 0.1) is 4.77 Å². The minimum Gasteiger partial charge on any atom is -0.279 e. The summed E-state index contributed by atoms with van der Waals surface area (Å²) in [4.78, 5) is 4.20. The van der Waals surface area contributed by atoms with Gasteiger partial charge in [0.2, 0.25) is 4.77 Å². The quantitative estimate of drug-likeness (QED) is 0.817. The monoisotopic (exact) mass is 303 g/mol. The van der Waals surface area contributed by atoms with Crippen LogP contribution >= 0.6 is 39.7 Å². The highest BCUT2D eigenvalue weighted by molar-refractivity contribution is 9.10. The first-order valence-corrected chi connectivity index (χ1v) is 5.74. The number of nitrogens with one attached hydrogen (secondary N) is 1. The van der Waals surface area contributed by atoms with E-state index >= 15 is 0 Å². The number of H-pyrrole nitrogens is 1. The molecular formula is C9H7BrClN3S. The van der Waals surface area contributed by atoms with Gasteiger partial charge in [0, 0.05) is 17.1 Å². The zero-order valence-corrected chi connectivity index (χ0v) is 10.9. The average molecular weight is 305 g/mol. The van der Waals surface area contributed by atoms with Gasteiger partial charge >= 0.3 is 0 Å². The molecule has 1 N–H and O–H groups in total. The van der Waals surface area contributed by atoms with Gasteiger partial charge in [-0.2, -0.15) is 4.98 Å². The van der Waals surface area contributed by atoms with Gasteiger partial charge < -0.3 is 0 Å². The van der Waals surface area contributed by atoms with E-state index in [9.17, 15) is 0 Å². The summed E-state index contributed by atoms with van der Waals surface area (Å²) >= 11 is 14.5. The number of benzene rings is 1. The lowest BCUT2D eigenvalue weighted by atomic mass is 10.2. The Balaban J connectivity index is 2.63. The molecule has 78 valence electrons. The van der Waals surface area contributed by atoms with Crippen LogP contribution in [0.5, 0.6) is 0 Å². The van der Waals surface area contributed by atoms with Gasteiger partial charge in [-0.3, -0.25) is 9.78 Å². The van der Waals surface area contributed by atoms with Gasteiger partial charge in [0.15, 0.2) is 5.82 Å². The van der Waals surface area contributed by atoms with E-state index in [1.807, 2.05) is 25.2 Å². The first-order chi connectivity index (χ1) is 7.08. The van der Waals surface area contributed by atoms with Crippen molar-refractivity contribution in [2.75, 3.05) is 0 Å². The van der Waals surface area contributed by atoms with Gasteiger partial charge in [-0.25, -0.2) is 0 Å². The molecule has 0 fully saturated rings. The van der Waals surface area contributed by atoms with E-state index in [0.717, 1.165) is 10.0 Å². The number of rotatable bonds is 1. The van der Waals surface area contributed by atoms with Gasteiger partial charge in [-0.15, -0.1) is 0 Å². The summed E-state index contributed by atoms with van der Waals surface area (Å²) in [5.74, 6) is 0.675. The van der Waals surface area contributed by atoms with Crippen molar-refractivity contribution in [3.05, 3.63) is 32.5 Å². The predicted molar refractivity (Wildman–Crippen MR) is 66.5 cm³/mol. The molecule has 0 atom stereocenters. The Labute approximate surface area is 105 Å². The Morgan fingerprint density at radius 1 is 1.53 bits per heavy atom. The second-order valence-electron chi connectivity index (χ2n) is 3.04. The molecule has 0 radical (unpaired) electrons. The normalized spacial score (nSPS) is 10.6. The Hall–Kier alpha value is -0.650. The van der Waals surface area contributed by atoms with Crippen molar-refractivity contribution in [3.8, 4) is 11.4 Å². The number of nitrogens with zero attached hydrogens (tertiary/aromatic N) is 2. The molecule has 0 unspecified atom stereocenters. The van der Waals surface area contributed by atoms with Gasteiger partial charge in [0.05, 0.1) is 5.02 Å². The van der Waals surface area contributed by atoms with Gasteiger partial charge in [-0.05, 0) is 30.4 Å². The minimum absolute atomic E-state index is 0.501. The lowest BCUT2D eigenvalue weighted by molar-refractivity contribution is 0.756. The minimum atomic E-state index is 0.501. The smallest absolute Gasteiger partial charge is 0.216 e. The van der Waals surface area contributed by atoms with Gasteiger partial charge in [0.1, 0.15) is 0 Å². The summed E-state index contributed by atoms with van der Waals surface area (Å²) in [6.07, 6.45) is 0. The molecular weight excluding hydrogens is 298 g/mol. The van der Waals surface area contributed by atoms with E-state index in [-0.39, 0.29) is 0 Å². The number of aryl methyl sites for hydroxylation is 1. The van der Waals surface area contributed by atoms with Crippen molar-refractivity contribution in [2.45, 2.75) is 0 Å². The Bertz CT molecular complexity index is 561. The molecule has 0 aliphatic heterocycles. The van der Waals surface area contributed by atoms with Crippen LogP contribution in [-0.2, 0) is 7.05 Å². The molecule has 0 aliphatic rings. The third-order valence-corrected chi connectivity index (χ3v) is 3.14. The van der Waals surface area contributed by atoms with E-state index in [4.69, 9.17) is 23.8 Å². The van der Waals surface area contributed by atoms with Crippen LogP contribution in [0.3, 0.4) is 0 Å². The highest BCUT2D eigenvalue weighted by Crippen LogP contribution is 2.28. The lowest BCUT2D eigenvalue weighted by Crippen LogP contribution is -1.89. The molecule has 0 bridgehead atoms. The number of halogens is 2. The maximum absolute atomic E-state index is 6.07. The molecule has 1 aromatic carbocycles. The van der Waals surface area contributed by atoms with Crippen LogP contribution in [0.4, 0.5) is 0 Å². The number of aromatic nitrogens is 3. The van der Waals surface area contributed by atoms with Crippen molar-refractivity contribution in [1.29, 1.82) is 0 Å². The fraction of sp³-hybridized carbons (Fsp3) is 0.111. The molecule has 2 rings (SSSR count). The molecule has 0 aliphatic carbocycles. The Kier molecular flexibility index (Phi) is 2.95. The van der Waals surface area contributed by atoms with Crippen LogP contribution in [0.25, 0.3) is 11.4 Å². The maximum Gasteiger partial charge on any atom is 0.216 e. The fourth-order valence-corrected chi connectivity index (χ4v) is 1.91. The fourth-order valence-electron chi connectivity index (χ4n) is 1.20. The van der Waals surface area contributed by atoms with Gasteiger partial charge in [-0.1, -0.05) is 27.5 Å². The van der Waals surface area contributed by atoms with Crippen LogP contribution in [0.1, 0.15) is 0 Å². The van der Waals surface area contributed by atoms with E-state index in [2.05, 4.69) is 26.0 Å². The van der Waals surface area contributed by atoms with Crippen molar-refractivity contribution < 1.29 is 0 Å². The summed E-state index contributed by atoms with van der Waals surface area (Å²) in [6, 6.07) is 5.59. The average Bonchev–Trinajstić information content (AvgIpc) is 2.51. The third kappa shape index (κ3) is 2.14. The summed E-state index contributed by atoms with van der Waals surface area (Å²) in [7, 11) is 1.81. The van der Waals surface area contributed by atoms with Crippen LogP contribution in [0.15, 0.2) is 22.7 Å². The van der Waals surface area contributed by atoms with E-state index < -0.39 is 0 Å². The predicted octanol–water partition coefficient (Wildman–Crippen LogP) is 3.56. The van der Waals surface area contributed by atoms with Crippen molar-refractivity contribution in [3.63, 3.8) is 0 Å². The number of hydrogen-bond acceptors (Lipinski definition) is 2. The number of aromatic amines is 1. The topological polar surface area (TPSA) is 33.6 Å². The standard InChI is InChI=1S/C9H7BrClN3S/c1-14-9(15)12-8(13-14)6-4-5(10)2-3-7(6)11/h2-4H,1H3,(H,12,13,15). The van der Waals surface area contributed by atoms with Crippen LogP contribution in [0.2, 0.25) is 5.02 Å². The SMILES string of the molecule is Cn1[nH]c(-c2cc(Br)ccc2Cl)nc1=S. The first-order valence-electron chi connectivity index (χ1n) is 4.16. The largest absolute Gasteiger partial charge is 0.279 e. The summed E-state index contributed by atoms with van der Waals surface area (Å²) in [6.45, 7) is 0. The highest BCUT2D eigenvalue weighted by atomic mass is 79.9. The first kappa shape index (κ1) is 10.9. The van der Waals surface area contributed by atoms with Crippen LogP contribution in [-0.4, -0.2) is 14.8 Å². The molecule has 1 aromatic heterocycles. The molecule has 6 heteroatoms. The molecule has 2 aromatic rings. The highest BCUT2D eigenvalue weighted by Gasteiger charge is 2.08. The molecule has 0 spiro atoms. The maximum atomic E-state index is 6.07. The molecule has 0 amide bonds. The molecule has 3 nitrogen and oxygen atoms in total. The van der Waals surface area contributed by atoms with Crippen LogP contribution < -0.4 is 0 Å². The summed E-state index contributed by atoms with van der Waals surface area (Å²) in [5, 5.41) is 3.67. The van der Waals surface area contributed by atoms with E-state index in [1.165, 1.54) is 0 Å². The van der Waals surface area contributed by atoms with Gasteiger partial charge in [0.25, 0.3) is 0 Å². The Morgan fingerprint density at radius 2 is 2.27 bits per heavy atom. The van der Waals surface area contributed by atoms with Crippen molar-refractivity contribution >= 4 is 39.7 Å². The second kappa shape index (κ2) is 4.08. The summed E-state index contributed by atoms with van der Waals surface area (Å²) < 4.78 is 3.12. The number of hydrogen-bond donors (Lipinski definition) is 1. The molecule has 1 heterocycles. The Morgan fingerprint density at radius 3 is 2.87 bits per heavy atom. The van der Waals surface area contributed by atoms with Crippen molar-refractivity contribution in [1.82, 2.24) is 14.8 Å². The molecule has 0 saturated heterocycles. The zero-order valence-electron chi connectivity index (χ0n) is 7.79. The lowest BCUT2D eigenvalue weighted by Gasteiger charge is -2.00. The third-order valence-electron chi connectivity index (χ3n) is 1.95. The molecule has 15 heavy (non-hydrogen) atoms.